The lowest BCUT2D eigenvalue weighted by atomic mass is 10.0. The van der Waals surface area contributed by atoms with Gasteiger partial charge in [-0.15, -0.1) is 0 Å². The highest BCUT2D eigenvalue weighted by atomic mass is 16.5. The minimum Gasteiger partial charge on any atom is -0.370 e. The molecule has 0 aliphatic heterocycles. The Labute approximate surface area is 107 Å². The van der Waals surface area contributed by atoms with Crippen molar-refractivity contribution in [2.24, 2.45) is 0 Å². The maximum atomic E-state index is 8.61. The minimum absolute atomic E-state index is 0.0114. The van der Waals surface area contributed by atoms with Gasteiger partial charge in [-0.1, -0.05) is 39.7 Å². The Morgan fingerprint density at radius 2 is 2.00 bits per heavy atom. The van der Waals surface area contributed by atoms with Crippen LogP contribution < -0.4 is 0 Å². The summed E-state index contributed by atoms with van der Waals surface area (Å²) in [6.45, 7) is 10.4. The summed E-state index contributed by atoms with van der Waals surface area (Å²) < 4.78 is 5.84. The molecule has 2 atom stereocenters. The van der Waals surface area contributed by atoms with Gasteiger partial charge in [-0.3, -0.25) is 0 Å². The number of nitriles is 1. The molecule has 0 amide bonds. The molecule has 0 aliphatic rings. The van der Waals surface area contributed by atoms with Crippen LogP contribution in [0.15, 0.2) is 12.2 Å². The molecule has 0 radical (unpaired) electrons. The van der Waals surface area contributed by atoms with Gasteiger partial charge in [0.25, 0.3) is 0 Å². The summed E-state index contributed by atoms with van der Waals surface area (Å²) in [7, 11) is 0. The summed E-state index contributed by atoms with van der Waals surface area (Å²) in [6, 6.07) is 2.14. The minimum atomic E-state index is 0.0114. The lowest BCUT2D eigenvalue weighted by molar-refractivity contribution is 0.0176. The molecule has 98 valence electrons. The lowest BCUT2D eigenvalue weighted by Gasteiger charge is -2.22. The Balaban J connectivity index is 3.91. The number of ether oxygens (including phenoxy) is 1. The van der Waals surface area contributed by atoms with Crippen molar-refractivity contribution in [1.29, 1.82) is 5.26 Å². The van der Waals surface area contributed by atoms with Crippen LogP contribution in [0.1, 0.15) is 65.7 Å². The summed E-state index contributed by atoms with van der Waals surface area (Å²) in [5.74, 6) is 0. The van der Waals surface area contributed by atoms with Gasteiger partial charge in [-0.25, -0.2) is 0 Å². The number of hydrogen-bond donors (Lipinski definition) is 0. The molecule has 2 unspecified atom stereocenters. The quantitative estimate of drug-likeness (QED) is 0.410. The van der Waals surface area contributed by atoms with E-state index in [9.17, 15) is 0 Å². The van der Waals surface area contributed by atoms with Gasteiger partial charge >= 0.3 is 0 Å². The average molecular weight is 237 g/mol. The first-order valence-electron chi connectivity index (χ1n) is 6.85. The van der Waals surface area contributed by atoms with E-state index in [1.807, 2.05) is 6.92 Å². The fourth-order valence-electron chi connectivity index (χ4n) is 1.88. The van der Waals surface area contributed by atoms with Crippen molar-refractivity contribution < 1.29 is 4.74 Å². The predicted molar refractivity (Wildman–Crippen MR) is 72.8 cm³/mol. The van der Waals surface area contributed by atoms with Crippen LogP contribution in [0, 0.1) is 11.3 Å². The van der Waals surface area contributed by atoms with Crippen LogP contribution in [0.25, 0.3) is 0 Å². The lowest BCUT2D eigenvalue weighted by Crippen LogP contribution is -2.20. The number of nitrogens with zero attached hydrogens (tertiary/aromatic N) is 1. The second-order valence-electron chi connectivity index (χ2n) is 4.67. The molecule has 0 heterocycles. The number of hydrogen-bond acceptors (Lipinski definition) is 2. The van der Waals surface area contributed by atoms with Crippen LogP contribution in [0.3, 0.4) is 0 Å². The van der Waals surface area contributed by atoms with Crippen molar-refractivity contribution in [2.45, 2.75) is 77.9 Å². The Morgan fingerprint density at radius 1 is 1.29 bits per heavy atom. The van der Waals surface area contributed by atoms with Crippen molar-refractivity contribution in [3.05, 3.63) is 12.2 Å². The van der Waals surface area contributed by atoms with Crippen molar-refractivity contribution in [3.63, 3.8) is 0 Å². The fraction of sp³-hybridized carbons (Fsp3) is 0.800. The first-order chi connectivity index (χ1) is 8.15. The maximum Gasteiger partial charge on any atom is 0.0783 e. The van der Waals surface area contributed by atoms with Crippen molar-refractivity contribution in [3.8, 4) is 6.07 Å². The van der Waals surface area contributed by atoms with Gasteiger partial charge in [0.2, 0.25) is 0 Å². The number of rotatable bonds is 10. The third-order valence-corrected chi connectivity index (χ3v) is 2.95. The third kappa shape index (κ3) is 7.99. The molecule has 2 nitrogen and oxygen atoms in total. The standard InChI is InChI=1S/C15H27NO/c1-5-7-8-9-10-13(3)15(6-2)17-14(4)11-12-16/h14-15H,3,5-11H2,1-2,4H3. The van der Waals surface area contributed by atoms with E-state index in [4.69, 9.17) is 10.00 Å². The van der Waals surface area contributed by atoms with Crippen LogP contribution in [0.2, 0.25) is 0 Å². The van der Waals surface area contributed by atoms with Gasteiger partial charge in [-0.05, 0) is 31.8 Å². The topological polar surface area (TPSA) is 33.0 Å². The van der Waals surface area contributed by atoms with Gasteiger partial charge in [0, 0.05) is 0 Å². The molecule has 0 aromatic carbocycles. The molecule has 0 saturated heterocycles. The molecule has 0 saturated carbocycles. The normalized spacial score (nSPS) is 14.0. The predicted octanol–water partition coefficient (Wildman–Crippen LogP) is 4.61. The molecule has 0 fully saturated rings. The molecule has 0 aromatic heterocycles. The monoisotopic (exact) mass is 237 g/mol. The number of unbranched alkanes of at least 4 members (excludes halogenated alkanes) is 3. The molecule has 0 bridgehead atoms. The van der Waals surface area contributed by atoms with Crippen LogP contribution in [-0.2, 0) is 4.74 Å². The SMILES string of the molecule is C=C(CCCCCC)C(CC)OC(C)CC#N. The summed E-state index contributed by atoms with van der Waals surface area (Å²) in [5.41, 5.74) is 1.19. The van der Waals surface area contributed by atoms with E-state index in [0.717, 1.165) is 12.8 Å². The van der Waals surface area contributed by atoms with Crippen LogP contribution >= 0.6 is 0 Å². The molecule has 0 aromatic rings. The Bertz CT molecular complexity index is 242. The molecular formula is C15H27NO. The van der Waals surface area contributed by atoms with Gasteiger partial charge in [-0.2, -0.15) is 5.26 Å². The Morgan fingerprint density at radius 3 is 2.53 bits per heavy atom. The molecule has 2 heteroatoms. The van der Waals surface area contributed by atoms with Gasteiger partial charge in [0.05, 0.1) is 24.7 Å². The fourth-order valence-corrected chi connectivity index (χ4v) is 1.88. The van der Waals surface area contributed by atoms with Gasteiger partial charge in [0.15, 0.2) is 0 Å². The first kappa shape index (κ1) is 16.2. The van der Waals surface area contributed by atoms with E-state index in [1.165, 1.54) is 31.3 Å². The zero-order valence-corrected chi connectivity index (χ0v) is 11.7. The largest absolute Gasteiger partial charge is 0.370 e. The second-order valence-corrected chi connectivity index (χ2v) is 4.67. The van der Waals surface area contributed by atoms with E-state index in [1.54, 1.807) is 0 Å². The van der Waals surface area contributed by atoms with Crippen LogP contribution in [0.5, 0.6) is 0 Å². The smallest absolute Gasteiger partial charge is 0.0783 e. The zero-order valence-electron chi connectivity index (χ0n) is 11.7. The van der Waals surface area contributed by atoms with E-state index in [0.29, 0.717) is 6.42 Å². The Hall–Kier alpha value is -0.810. The van der Waals surface area contributed by atoms with Crippen molar-refractivity contribution >= 4 is 0 Å². The third-order valence-electron chi connectivity index (χ3n) is 2.95. The van der Waals surface area contributed by atoms with Crippen LogP contribution in [0.4, 0.5) is 0 Å². The summed E-state index contributed by atoms with van der Waals surface area (Å²) in [6.07, 6.45) is 7.64. The van der Waals surface area contributed by atoms with E-state index in [-0.39, 0.29) is 12.2 Å². The highest BCUT2D eigenvalue weighted by Gasteiger charge is 2.14. The molecule has 0 N–H and O–H groups in total. The second kappa shape index (κ2) is 10.4. The van der Waals surface area contributed by atoms with Gasteiger partial charge < -0.3 is 4.74 Å². The Kier molecular flexibility index (Phi) is 9.86. The molecule has 0 spiro atoms. The molecule has 0 aliphatic carbocycles. The van der Waals surface area contributed by atoms with Crippen LogP contribution in [-0.4, -0.2) is 12.2 Å². The summed E-state index contributed by atoms with van der Waals surface area (Å²) in [5, 5.41) is 8.61. The van der Waals surface area contributed by atoms with Crippen molar-refractivity contribution in [1.82, 2.24) is 0 Å². The molecular weight excluding hydrogens is 210 g/mol. The zero-order chi connectivity index (χ0) is 13.1. The summed E-state index contributed by atoms with van der Waals surface area (Å²) in [4.78, 5) is 0. The van der Waals surface area contributed by atoms with E-state index < -0.39 is 0 Å². The molecule has 17 heavy (non-hydrogen) atoms. The first-order valence-corrected chi connectivity index (χ1v) is 6.85. The van der Waals surface area contributed by atoms with Crippen molar-refractivity contribution in [2.75, 3.05) is 0 Å². The van der Waals surface area contributed by atoms with E-state index in [2.05, 4.69) is 26.5 Å². The highest BCUT2D eigenvalue weighted by molar-refractivity contribution is 5.02. The van der Waals surface area contributed by atoms with Gasteiger partial charge in [0.1, 0.15) is 0 Å². The highest BCUT2D eigenvalue weighted by Crippen LogP contribution is 2.18. The maximum absolute atomic E-state index is 8.61. The average Bonchev–Trinajstić information content (AvgIpc) is 2.31. The molecule has 0 rings (SSSR count). The summed E-state index contributed by atoms with van der Waals surface area (Å²) >= 11 is 0. The van der Waals surface area contributed by atoms with E-state index >= 15 is 0 Å².